The molecule has 7 nitrogen and oxygen atoms in total. The van der Waals surface area contributed by atoms with Crippen molar-refractivity contribution in [3.63, 3.8) is 0 Å². The van der Waals surface area contributed by atoms with Crippen LogP contribution in [0.3, 0.4) is 0 Å². The fourth-order valence-electron chi connectivity index (χ4n) is 2.61. The maximum Gasteiger partial charge on any atom is 0.329 e. The van der Waals surface area contributed by atoms with Gasteiger partial charge in [-0.15, -0.1) is 0 Å². The van der Waals surface area contributed by atoms with Crippen molar-refractivity contribution in [2.45, 2.75) is 0 Å². The molecule has 0 atom stereocenters. The molecule has 0 saturated heterocycles. The largest absolute Gasteiger partial charge is 0.329 e. The topological polar surface area (TPSA) is 99.7 Å². The van der Waals surface area contributed by atoms with Crippen LogP contribution in [0.15, 0.2) is 94.5 Å². The van der Waals surface area contributed by atoms with Crippen molar-refractivity contribution < 1.29 is 14.4 Å². The van der Waals surface area contributed by atoms with E-state index in [1.165, 1.54) is 12.3 Å². The van der Waals surface area contributed by atoms with Crippen LogP contribution in [0.5, 0.6) is 0 Å². The second-order valence-corrected chi connectivity index (χ2v) is 7.37. The van der Waals surface area contributed by atoms with Crippen molar-refractivity contribution in [1.82, 2.24) is 5.43 Å². The number of amides is 3. The highest BCUT2D eigenvalue weighted by molar-refractivity contribution is 9.10. The van der Waals surface area contributed by atoms with Crippen LogP contribution in [0, 0.1) is 0 Å². The summed E-state index contributed by atoms with van der Waals surface area (Å²) in [6, 6.07) is 23.0. The van der Waals surface area contributed by atoms with Crippen molar-refractivity contribution in [3.05, 3.63) is 101 Å². The number of allylic oxidation sites excluding steroid dienone is 1. The highest BCUT2D eigenvalue weighted by Gasteiger charge is 2.17. The molecule has 0 aliphatic rings. The number of hydrazone groups is 1. The third-order valence-electron chi connectivity index (χ3n) is 4.14. The Balaban J connectivity index is 1.58. The summed E-state index contributed by atoms with van der Waals surface area (Å²) < 4.78 is 0.882. The van der Waals surface area contributed by atoms with Gasteiger partial charge in [0.05, 0.1) is 11.3 Å². The number of halogens is 1. The predicted molar refractivity (Wildman–Crippen MR) is 129 cm³/mol. The first-order valence-corrected chi connectivity index (χ1v) is 10.3. The monoisotopic (exact) mass is 490 g/mol. The molecule has 0 fully saturated rings. The average molecular weight is 491 g/mol. The minimum atomic E-state index is -0.961. The van der Waals surface area contributed by atoms with E-state index in [1.54, 1.807) is 54.6 Å². The van der Waals surface area contributed by atoms with Crippen LogP contribution in [-0.4, -0.2) is 23.9 Å². The number of nitrogens with one attached hydrogen (secondary N) is 3. The van der Waals surface area contributed by atoms with Gasteiger partial charge in [-0.1, -0.05) is 64.5 Å². The van der Waals surface area contributed by atoms with Crippen LogP contribution in [0.4, 0.5) is 11.4 Å². The highest BCUT2D eigenvalue weighted by atomic mass is 79.9. The summed E-state index contributed by atoms with van der Waals surface area (Å²) in [5, 5.41) is 8.90. The number of hydrogen-bond acceptors (Lipinski definition) is 4. The van der Waals surface area contributed by atoms with E-state index in [0.29, 0.717) is 5.69 Å². The van der Waals surface area contributed by atoms with Crippen molar-refractivity contribution in [1.29, 1.82) is 0 Å². The SMILES string of the molecule is O=C(N/N=C\C=C\c1ccccc1)C(=O)Nc1ccccc1C(=O)Nc1ccc(Br)cc1. The van der Waals surface area contributed by atoms with Gasteiger partial charge in [-0.25, -0.2) is 5.43 Å². The zero-order valence-corrected chi connectivity index (χ0v) is 18.4. The molecule has 8 heteroatoms. The molecule has 0 spiro atoms. The Hall–Kier alpha value is -4.04. The molecule has 3 rings (SSSR count). The molecule has 3 amide bonds. The Morgan fingerprint density at radius 3 is 2.22 bits per heavy atom. The van der Waals surface area contributed by atoms with Gasteiger partial charge in [-0.3, -0.25) is 14.4 Å². The Kier molecular flexibility index (Phi) is 8.05. The molecule has 0 aliphatic heterocycles. The fourth-order valence-corrected chi connectivity index (χ4v) is 2.87. The molecule has 3 aromatic rings. The van der Waals surface area contributed by atoms with Crippen molar-refractivity contribution in [2.75, 3.05) is 10.6 Å². The minimum absolute atomic E-state index is 0.204. The number of hydrogen-bond donors (Lipinski definition) is 3. The molecule has 0 radical (unpaired) electrons. The smallest absolute Gasteiger partial charge is 0.322 e. The zero-order chi connectivity index (χ0) is 22.8. The molecule has 3 N–H and O–H groups in total. The van der Waals surface area contributed by atoms with E-state index < -0.39 is 17.7 Å². The Morgan fingerprint density at radius 1 is 0.781 bits per heavy atom. The van der Waals surface area contributed by atoms with E-state index in [9.17, 15) is 14.4 Å². The van der Waals surface area contributed by atoms with Crippen molar-refractivity contribution in [2.24, 2.45) is 5.10 Å². The van der Waals surface area contributed by atoms with E-state index in [2.05, 4.69) is 37.1 Å². The lowest BCUT2D eigenvalue weighted by Gasteiger charge is -2.11. The van der Waals surface area contributed by atoms with Gasteiger partial charge in [0.15, 0.2) is 0 Å². The molecule has 160 valence electrons. The number of carbonyl (C=O) groups is 3. The van der Waals surface area contributed by atoms with Gasteiger partial charge in [0.2, 0.25) is 0 Å². The van der Waals surface area contributed by atoms with Crippen molar-refractivity contribution in [3.8, 4) is 0 Å². The summed E-state index contributed by atoms with van der Waals surface area (Å²) in [6.07, 6.45) is 4.79. The number of nitrogens with zero attached hydrogens (tertiary/aromatic N) is 1. The van der Waals surface area contributed by atoms with Gasteiger partial charge < -0.3 is 10.6 Å². The molecule has 0 aliphatic carbocycles. The molecular formula is C24H19BrN4O3. The average Bonchev–Trinajstić information content (AvgIpc) is 2.81. The highest BCUT2D eigenvalue weighted by Crippen LogP contribution is 2.19. The minimum Gasteiger partial charge on any atom is -0.322 e. The number of para-hydroxylation sites is 1. The zero-order valence-electron chi connectivity index (χ0n) is 16.8. The van der Waals surface area contributed by atoms with Crippen LogP contribution in [-0.2, 0) is 9.59 Å². The van der Waals surface area contributed by atoms with Gasteiger partial charge in [0, 0.05) is 16.4 Å². The summed E-state index contributed by atoms with van der Waals surface area (Å²) in [6.45, 7) is 0. The third kappa shape index (κ3) is 6.75. The maximum atomic E-state index is 12.6. The molecule has 0 unspecified atom stereocenters. The number of anilines is 2. The van der Waals surface area contributed by atoms with Gasteiger partial charge in [0.1, 0.15) is 0 Å². The summed E-state index contributed by atoms with van der Waals surface area (Å²) in [5.74, 6) is -2.33. The lowest BCUT2D eigenvalue weighted by Crippen LogP contribution is -2.33. The second-order valence-electron chi connectivity index (χ2n) is 6.45. The van der Waals surface area contributed by atoms with Gasteiger partial charge in [-0.2, -0.15) is 5.10 Å². The molecule has 0 saturated carbocycles. The van der Waals surface area contributed by atoms with Crippen LogP contribution >= 0.6 is 15.9 Å². The Labute approximate surface area is 193 Å². The lowest BCUT2D eigenvalue weighted by atomic mass is 10.1. The molecule has 0 heterocycles. The summed E-state index contributed by atoms with van der Waals surface area (Å²) in [5.41, 5.74) is 4.13. The molecular weight excluding hydrogens is 472 g/mol. The standard InChI is InChI=1S/C24H19BrN4O3/c25-18-12-14-19(15-13-18)27-22(30)20-10-4-5-11-21(20)28-23(31)24(32)29-26-16-6-9-17-7-2-1-3-8-17/h1-16H,(H,27,30)(H,28,31)(H,29,32)/b9-6+,26-16-. The summed E-state index contributed by atoms with van der Waals surface area (Å²) in [4.78, 5) is 36.9. The lowest BCUT2D eigenvalue weighted by molar-refractivity contribution is -0.136. The quantitative estimate of drug-likeness (QED) is 0.270. The van der Waals surface area contributed by atoms with E-state index in [1.807, 2.05) is 30.3 Å². The number of carbonyl (C=O) groups excluding carboxylic acids is 3. The van der Waals surface area contributed by atoms with E-state index >= 15 is 0 Å². The van der Waals surface area contributed by atoms with Gasteiger partial charge in [-0.05, 0) is 48.0 Å². The third-order valence-corrected chi connectivity index (χ3v) is 4.67. The van der Waals surface area contributed by atoms with Crippen LogP contribution in [0.1, 0.15) is 15.9 Å². The van der Waals surface area contributed by atoms with Gasteiger partial charge >= 0.3 is 11.8 Å². The molecule has 0 aromatic heterocycles. The van der Waals surface area contributed by atoms with Gasteiger partial charge in [0.25, 0.3) is 5.91 Å². The normalized spacial score (nSPS) is 10.8. The molecule has 0 bridgehead atoms. The van der Waals surface area contributed by atoms with Crippen LogP contribution in [0.25, 0.3) is 6.08 Å². The first kappa shape index (κ1) is 22.6. The Morgan fingerprint density at radius 2 is 1.47 bits per heavy atom. The summed E-state index contributed by atoms with van der Waals surface area (Å²) in [7, 11) is 0. The van der Waals surface area contributed by atoms with E-state index in [-0.39, 0.29) is 11.3 Å². The van der Waals surface area contributed by atoms with Crippen LogP contribution in [0.2, 0.25) is 0 Å². The number of rotatable bonds is 6. The van der Waals surface area contributed by atoms with Crippen LogP contribution < -0.4 is 16.1 Å². The summed E-state index contributed by atoms with van der Waals surface area (Å²) >= 11 is 3.33. The fraction of sp³-hybridized carbons (Fsp3) is 0. The number of benzene rings is 3. The van der Waals surface area contributed by atoms with Crippen molar-refractivity contribution >= 4 is 57.3 Å². The molecule has 3 aromatic carbocycles. The van der Waals surface area contributed by atoms with E-state index in [4.69, 9.17) is 0 Å². The maximum absolute atomic E-state index is 12.6. The second kappa shape index (κ2) is 11.4. The first-order chi connectivity index (χ1) is 15.5. The van der Waals surface area contributed by atoms with E-state index in [0.717, 1.165) is 10.0 Å². The molecule has 32 heavy (non-hydrogen) atoms. The first-order valence-electron chi connectivity index (χ1n) is 9.55. The predicted octanol–water partition coefficient (Wildman–Crippen LogP) is 4.46. The Bertz CT molecular complexity index is 1160.